The smallest absolute Gasteiger partial charge is 0.235 e. The van der Waals surface area contributed by atoms with Crippen LogP contribution in [0.2, 0.25) is 0 Å². The molecular weight excluding hydrogens is 202 g/mol. The lowest BCUT2D eigenvalue weighted by Crippen LogP contribution is -2.39. The molecule has 16 heavy (non-hydrogen) atoms. The van der Waals surface area contributed by atoms with Crippen LogP contribution in [0.5, 0.6) is 0 Å². The van der Waals surface area contributed by atoms with Gasteiger partial charge >= 0.3 is 0 Å². The van der Waals surface area contributed by atoms with Crippen molar-refractivity contribution < 1.29 is 9.59 Å². The van der Waals surface area contributed by atoms with Crippen molar-refractivity contribution in [3.63, 3.8) is 0 Å². The number of amides is 1. The SMILES string of the molecule is O=C1CCC[C@@]2(C1)C(=O)Nc1ccccc12. The summed E-state index contributed by atoms with van der Waals surface area (Å²) in [6.45, 7) is 0. The lowest BCUT2D eigenvalue weighted by Gasteiger charge is -2.30. The van der Waals surface area contributed by atoms with E-state index in [-0.39, 0.29) is 11.7 Å². The van der Waals surface area contributed by atoms with Gasteiger partial charge < -0.3 is 5.32 Å². The molecule has 3 heteroatoms. The summed E-state index contributed by atoms with van der Waals surface area (Å²) < 4.78 is 0. The summed E-state index contributed by atoms with van der Waals surface area (Å²) >= 11 is 0. The first-order chi connectivity index (χ1) is 7.72. The molecular formula is C13H13NO2. The lowest BCUT2D eigenvalue weighted by molar-refractivity contribution is -0.129. The Morgan fingerprint density at radius 3 is 2.81 bits per heavy atom. The van der Waals surface area contributed by atoms with Crippen molar-refractivity contribution in [1.82, 2.24) is 0 Å². The normalized spacial score (nSPS) is 28.0. The van der Waals surface area contributed by atoms with Crippen molar-refractivity contribution in [2.75, 3.05) is 5.32 Å². The largest absolute Gasteiger partial charge is 0.325 e. The van der Waals surface area contributed by atoms with Gasteiger partial charge in [-0.25, -0.2) is 0 Å². The molecule has 1 saturated carbocycles. The summed E-state index contributed by atoms with van der Waals surface area (Å²) in [4.78, 5) is 23.7. The molecule has 1 aromatic carbocycles. The third-order valence-electron chi connectivity index (χ3n) is 3.68. The predicted octanol–water partition coefficient (Wildman–Crippen LogP) is 2.02. The zero-order chi connectivity index (χ0) is 11.2. The molecule has 2 aliphatic rings. The molecule has 1 spiro atoms. The highest BCUT2D eigenvalue weighted by molar-refractivity contribution is 6.08. The second kappa shape index (κ2) is 3.17. The Morgan fingerprint density at radius 2 is 2.00 bits per heavy atom. The number of fused-ring (bicyclic) bond motifs is 2. The van der Waals surface area contributed by atoms with Gasteiger partial charge in [0.05, 0.1) is 5.41 Å². The highest BCUT2D eigenvalue weighted by Gasteiger charge is 2.48. The van der Waals surface area contributed by atoms with Gasteiger partial charge in [-0.05, 0) is 24.5 Å². The zero-order valence-electron chi connectivity index (χ0n) is 8.95. The number of Topliss-reactive ketones (excluding diaryl/α,β-unsaturated/α-hetero) is 1. The van der Waals surface area contributed by atoms with E-state index in [2.05, 4.69) is 5.32 Å². The monoisotopic (exact) mass is 215 g/mol. The molecule has 3 nitrogen and oxygen atoms in total. The van der Waals surface area contributed by atoms with Gasteiger partial charge in [-0.1, -0.05) is 18.2 Å². The molecule has 3 rings (SSSR count). The molecule has 1 N–H and O–H groups in total. The number of ketones is 1. The van der Waals surface area contributed by atoms with E-state index < -0.39 is 5.41 Å². The van der Waals surface area contributed by atoms with E-state index in [1.54, 1.807) is 0 Å². The van der Waals surface area contributed by atoms with Crippen LogP contribution >= 0.6 is 0 Å². The number of anilines is 1. The second-order valence-corrected chi connectivity index (χ2v) is 4.65. The van der Waals surface area contributed by atoms with Crippen molar-refractivity contribution in [2.24, 2.45) is 0 Å². The minimum absolute atomic E-state index is 0.00162. The van der Waals surface area contributed by atoms with Crippen LogP contribution in [0.1, 0.15) is 31.2 Å². The first kappa shape index (κ1) is 9.58. The average molecular weight is 215 g/mol. The summed E-state index contributed by atoms with van der Waals surface area (Å²) in [7, 11) is 0. The minimum atomic E-state index is -0.564. The van der Waals surface area contributed by atoms with Gasteiger partial charge in [-0.3, -0.25) is 9.59 Å². The van der Waals surface area contributed by atoms with Gasteiger partial charge in [0.2, 0.25) is 5.91 Å². The Balaban J connectivity index is 2.13. The Kier molecular flexibility index (Phi) is 1.90. The first-order valence-corrected chi connectivity index (χ1v) is 5.65. The number of carbonyl (C=O) groups is 2. The van der Waals surface area contributed by atoms with Gasteiger partial charge in [-0.15, -0.1) is 0 Å². The molecule has 1 aromatic rings. The molecule has 0 aromatic heterocycles. The Bertz CT molecular complexity index is 481. The zero-order valence-corrected chi connectivity index (χ0v) is 8.95. The number of hydrogen-bond acceptors (Lipinski definition) is 2. The molecule has 1 fully saturated rings. The van der Waals surface area contributed by atoms with Gasteiger partial charge in [0, 0.05) is 18.5 Å². The fourth-order valence-corrected chi connectivity index (χ4v) is 2.90. The van der Waals surface area contributed by atoms with Gasteiger partial charge in [-0.2, -0.15) is 0 Å². The molecule has 1 atom stereocenters. The topological polar surface area (TPSA) is 46.2 Å². The Morgan fingerprint density at radius 1 is 1.19 bits per heavy atom. The molecule has 1 aliphatic heterocycles. The molecule has 82 valence electrons. The van der Waals surface area contributed by atoms with Crippen LogP contribution in [0.25, 0.3) is 0 Å². The van der Waals surface area contributed by atoms with E-state index in [1.165, 1.54) is 0 Å². The average Bonchev–Trinajstić information content (AvgIpc) is 2.53. The van der Waals surface area contributed by atoms with Crippen LogP contribution < -0.4 is 5.32 Å². The second-order valence-electron chi connectivity index (χ2n) is 4.65. The fraction of sp³-hybridized carbons (Fsp3) is 0.385. The van der Waals surface area contributed by atoms with Crippen molar-refractivity contribution in [3.8, 4) is 0 Å². The van der Waals surface area contributed by atoms with E-state index in [0.717, 1.165) is 24.1 Å². The highest BCUT2D eigenvalue weighted by atomic mass is 16.2. The standard InChI is InChI=1S/C13H13NO2/c15-9-4-3-7-13(8-9)10-5-1-2-6-11(10)14-12(13)16/h1-2,5-6H,3-4,7-8H2,(H,14,16)/t13-/m0/s1. The van der Waals surface area contributed by atoms with Gasteiger partial charge in [0.25, 0.3) is 0 Å². The molecule has 1 heterocycles. The van der Waals surface area contributed by atoms with Crippen LogP contribution in [0.15, 0.2) is 24.3 Å². The van der Waals surface area contributed by atoms with Crippen molar-refractivity contribution in [3.05, 3.63) is 29.8 Å². The molecule has 0 radical (unpaired) electrons. The van der Waals surface area contributed by atoms with Gasteiger partial charge in [0.1, 0.15) is 5.78 Å². The quantitative estimate of drug-likeness (QED) is 0.719. The Hall–Kier alpha value is -1.64. The van der Waals surface area contributed by atoms with E-state index in [9.17, 15) is 9.59 Å². The first-order valence-electron chi connectivity index (χ1n) is 5.65. The molecule has 0 unspecified atom stereocenters. The third kappa shape index (κ3) is 1.14. The Labute approximate surface area is 93.8 Å². The van der Waals surface area contributed by atoms with E-state index in [1.807, 2.05) is 24.3 Å². The van der Waals surface area contributed by atoms with E-state index in [0.29, 0.717) is 12.8 Å². The third-order valence-corrected chi connectivity index (χ3v) is 3.68. The summed E-state index contributed by atoms with van der Waals surface area (Å²) in [5.41, 5.74) is 1.32. The van der Waals surface area contributed by atoms with Gasteiger partial charge in [0.15, 0.2) is 0 Å². The maximum Gasteiger partial charge on any atom is 0.235 e. The summed E-state index contributed by atoms with van der Waals surface area (Å²) in [6, 6.07) is 7.70. The predicted molar refractivity (Wildman–Crippen MR) is 60.2 cm³/mol. The van der Waals surface area contributed by atoms with Crippen LogP contribution in [-0.4, -0.2) is 11.7 Å². The van der Waals surface area contributed by atoms with Crippen LogP contribution in [-0.2, 0) is 15.0 Å². The number of benzene rings is 1. The van der Waals surface area contributed by atoms with Crippen molar-refractivity contribution in [2.45, 2.75) is 31.1 Å². The van der Waals surface area contributed by atoms with Crippen LogP contribution in [0.3, 0.4) is 0 Å². The number of rotatable bonds is 0. The summed E-state index contributed by atoms with van der Waals surface area (Å²) in [5, 5.41) is 2.89. The van der Waals surface area contributed by atoms with E-state index in [4.69, 9.17) is 0 Å². The number of carbonyl (C=O) groups excluding carboxylic acids is 2. The maximum atomic E-state index is 12.1. The van der Waals surface area contributed by atoms with Crippen LogP contribution in [0.4, 0.5) is 5.69 Å². The minimum Gasteiger partial charge on any atom is -0.325 e. The van der Waals surface area contributed by atoms with Crippen LogP contribution in [0, 0.1) is 0 Å². The van der Waals surface area contributed by atoms with Crippen molar-refractivity contribution in [1.29, 1.82) is 0 Å². The number of hydrogen-bond donors (Lipinski definition) is 1. The summed E-state index contributed by atoms with van der Waals surface area (Å²) in [5.74, 6) is 0.208. The number of para-hydroxylation sites is 1. The molecule has 1 amide bonds. The lowest BCUT2D eigenvalue weighted by atomic mass is 9.70. The number of nitrogens with one attached hydrogen (secondary N) is 1. The fourth-order valence-electron chi connectivity index (χ4n) is 2.90. The summed E-state index contributed by atoms with van der Waals surface area (Å²) in [6.07, 6.45) is 2.61. The maximum absolute atomic E-state index is 12.1. The van der Waals surface area contributed by atoms with E-state index >= 15 is 0 Å². The molecule has 0 bridgehead atoms. The van der Waals surface area contributed by atoms with Crippen molar-refractivity contribution >= 4 is 17.4 Å². The molecule has 1 aliphatic carbocycles. The highest BCUT2D eigenvalue weighted by Crippen LogP contribution is 2.46. The molecule has 0 saturated heterocycles.